The van der Waals surface area contributed by atoms with E-state index in [-0.39, 0.29) is 11.8 Å². The molecular formula is C21H18N2O3. The van der Waals surface area contributed by atoms with Crippen molar-refractivity contribution in [3.8, 4) is 0 Å². The second kappa shape index (κ2) is 6.61. The molecular weight excluding hydrogens is 328 g/mol. The molecule has 4 rings (SSSR count). The van der Waals surface area contributed by atoms with Crippen LogP contribution in [0.1, 0.15) is 33.6 Å². The van der Waals surface area contributed by atoms with E-state index in [0.717, 1.165) is 22.2 Å². The number of benzene rings is 2. The minimum Gasteiger partial charge on any atom is -0.446 e. The van der Waals surface area contributed by atoms with Gasteiger partial charge in [-0.25, -0.2) is 4.98 Å². The molecule has 0 fully saturated rings. The number of hydrogen-bond donors (Lipinski definition) is 1. The fourth-order valence-corrected chi connectivity index (χ4v) is 3.34. The number of rotatable bonds is 4. The summed E-state index contributed by atoms with van der Waals surface area (Å²) in [6.07, 6.45) is 2.40. The highest BCUT2D eigenvalue weighted by Gasteiger charge is 2.23. The molecule has 0 amide bonds. The molecule has 1 N–H and O–H groups in total. The van der Waals surface area contributed by atoms with Crippen molar-refractivity contribution < 1.29 is 14.3 Å². The van der Waals surface area contributed by atoms with Crippen molar-refractivity contribution in [3.63, 3.8) is 0 Å². The van der Waals surface area contributed by atoms with Gasteiger partial charge in [0.15, 0.2) is 0 Å². The highest BCUT2D eigenvalue weighted by atomic mass is 16.4. The molecule has 2 aromatic heterocycles. The van der Waals surface area contributed by atoms with E-state index < -0.39 is 6.10 Å². The number of nitrogens with zero attached hydrogens (tertiary/aromatic N) is 2. The predicted octanol–water partition coefficient (Wildman–Crippen LogP) is 3.90. The average molecular weight is 346 g/mol. The van der Waals surface area contributed by atoms with E-state index in [2.05, 4.69) is 4.98 Å². The van der Waals surface area contributed by atoms with Crippen molar-refractivity contribution in [3.05, 3.63) is 89.8 Å². The molecule has 0 aliphatic carbocycles. The molecule has 5 nitrogen and oxygen atoms in total. The Labute approximate surface area is 150 Å². The number of carbonyl (C=O) groups excluding carboxylic acids is 1. The van der Waals surface area contributed by atoms with Gasteiger partial charge in [-0.05, 0) is 30.7 Å². The molecule has 4 aromatic rings. The zero-order valence-electron chi connectivity index (χ0n) is 14.3. The molecule has 0 spiro atoms. The second-order valence-electron chi connectivity index (χ2n) is 6.18. The van der Waals surface area contributed by atoms with Crippen LogP contribution in [0.15, 0.2) is 71.5 Å². The minimum atomic E-state index is -0.866. The zero-order chi connectivity index (χ0) is 18.1. The van der Waals surface area contributed by atoms with Gasteiger partial charge >= 0.3 is 0 Å². The third kappa shape index (κ3) is 2.72. The van der Waals surface area contributed by atoms with Gasteiger partial charge in [0.2, 0.25) is 5.89 Å². The first kappa shape index (κ1) is 16.3. The molecule has 0 aliphatic rings. The van der Waals surface area contributed by atoms with Gasteiger partial charge in [0.1, 0.15) is 12.4 Å². The summed E-state index contributed by atoms with van der Waals surface area (Å²) in [7, 11) is 0. The summed E-state index contributed by atoms with van der Waals surface area (Å²) in [5.41, 5.74) is 3.17. The van der Waals surface area contributed by atoms with E-state index in [0.29, 0.717) is 12.0 Å². The Hall–Kier alpha value is -3.18. The van der Waals surface area contributed by atoms with Gasteiger partial charge in [-0.1, -0.05) is 36.4 Å². The van der Waals surface area contributed by atoms with Crippen molar-refractivity contribution >= 4 is 16.8 Å². The smallest absolute Gasteiger partial charge is 0.262 e. The highest BCUT2D eigenvalue weighted by Crippen LogP contribution is 2.30. The zero-order valence-corrected chi connectivity index (χ0v) is 14.3. The lowest BCUT2D eigenvalue weighted by Crippen LogP contribution is -2.14. The number of para-hydroxylation sites is 1. The molecule has 1 atom stereocenters. The van der Waals surface area contributed by atoms with E-state index >= 15 is 0 Å². The third-order valence-corrected chi connectivity index (χ3v) is 4.60. The van der Waals surface area contributed by atoms with Gasteiger partial charge in [0.05, 0.1) is 11.7 Å². The summed E-state index contributed by atoms with van der Waals surface area (Å²) in [6.45, 7) is 1.90. The fourth-order valence-electron chi connectivity index (χ4n) is 3.34. The molecule has 2 heterocycles. The molecule has 0 saturated carbocycles. The highest BCUT2D eigenvalue weighted by molar-refractivity contribution is 6.04. The fraction of sp³-hybridized carbons (Fsp3) is 0.143. The summed E-state index contributed by atoms with van der Waals surface area (Å²) in [4.78, 5) is 17.1. The van der Waals surface area contributed by atoms with Crippen LogP contribution in [0.3, 0.4) is 0 Å². The SMILES string of the molecule is Cc1c(CC(O)c2ncco2)c2ccccc2n1C(=O)c1ccccc1. The first-order chi connectivity index (χ1) is 12.7. The van der Waals surface area contributed by atoms with Crippen molar-refractivity contribution in [2.24, 2.45) is 0 Å². The van der Waals surface area contributed by atoms with Crippen molar-refractivity contribution in [2.45, 2.75) is 19.4 Å². The number of oxazole rings is 1. The van der Waals surface area contributed by atoms with Crippen LogP contribution in [-0.2, 0) is 6.42 Å². The maximum absolute atomic E-state index is 13.1. The summed E-state index contributed by atoms with van der Waals surface area (Å²) < 4.78 is 6.92. The van der Waals surface area contributed by atoms with Crippen molar-refractivity contribution in [1.29, 1.82) is 0 Å². The van der Waals surface area contributed by atoms with Gasteiger partial charge in [0, 0.05) is 23.1 Å². The normalized spacial score (nSPS) is 12.4. The summed E-state index contributed by atoms with van der Waals surface area (Å²) in [6, 6.07) is 16.9. The quantitative estimate of drug-likeness (QED) is 0.608. The summed E-state index contributed by atoms with van der Waals surface area (Å²) in [5.74, 6) is 0.187. The summed E-state index contributed by atoms with van der Waals surface area (Å²) >= 11 is 0. The lowest BCUT2D eigenvalue weighted by atomic mass is 10.0. The summed E-state index contributed by atoms with van der Waals surface area (Å²) in [5, 5.41) is 11.4. The molecule has 130 valence electrons. The standard InChI is InChI=1S/C21H18N2O3/c1-14-17(13-19(24)20-22-11-12-26-20)16-9-5-6-10-18(16)23(14)21(25)15-7-3-2-4-8-15/h2-12,19,24H,13H2,1H3. The average Bonchev–Trinajstić information content (AvgIpc) is 3.30. The monoisotopic (exact) mass is 346 g/mol. The van der Waals surface area contributed by atoms with E-state index in [1.165, 1.54) is 12.5 Å². The van der Waals surface area contributed by atoms with Crippen molar-refractivity contribution in [1.82, 2.24) is 9.55 Å². The number of hydrogen-bond acceptors (Lipinski definition) is 4. The maximum Gasteiger partial charge on any atom is 0.262 e. The Balaban J connectivity index is 1.82. The van der Waals surface area contributed by atoms with E-state index in [4.69, 9.17) is 4.42 Å². The van der Waals surface area contributed by atoms with Crippen LogP contribution in [0.2, 0.25) is 0 Å². The van der Waals surface area contributed by atoms with Crippen LogP contribution in [0.25, 0.3) is 10.9 Å². The maximum atomic E-state index is 13.1. The number of aliphatic hydroxyl groups is 1. The van der Waals surface area contributed by atoms with Crippen LogP contribution in [0, 0.1) is 6.92 Å². The second-order valence-corrected chi connectivity index (χ2v) is 6.18. The Kier molecular flexibility index (Phi) is 4.14. The van der Waals surface area contributed by atoms with E-state index in [9.17, 15) is 9.90 Å². The molecule has 2 aromatic carbocycles. The van der Waals surface area contributed by atoms with E-state index in [1.807, 2.05) is 49.4 Å². The number of aliphatic hydroxyl groups excluding tert-OH is 1. The van der Waals surface area contributed by atoms with Crippen LogP contribution in [-0.4, -0.2) is 20.6 Å². The lowest BCUT2D eigenvalue weighted by molar-refractivity contribution is 0.0962. The molecule has 0 bridgehead atoms. The van der Waals surface area contributed by atoms with Crippen LogP contribution >= 0.6 is 0 Å². The Bertz CT molecular complexity index is 1050. The number of carbonyl (C=O) groups is 1. The van der Waals surface area contributed by atoms with Gasteiger partial charge < -0.3 is 9.52 Å². The Morgan fingerprint density at radius 3 is 2.62 bits per heavy atom. The largest absolute Gasteiger partial charge is 0.446 e. The first-order valence-corrected chi connectivity index (χ1v) is 8.43. The van der Waals surface area contributed by atoms with Crippen molar-refractivity contribution in [2.75, 3.05) is 0 Å². The molecule has 1 unspecified atom stereocenters. The van der Waals surface area contributed by atoms with Gasteiger partial charge in [-0.3, -0.25) is 9.36 Å². The van der Waals surface area contributed by atoms with Gasteiger partial charge in [-0.15, -0.1) is 0 Å². The number of aromatic nitrogens is 2. The Morgan fingerprint density at radius 1 is 1.15 bits per heavy atom. The first-order valence-electron chi connectivity index (χ1n) is 8.43. The number of fused-ring (bicyclic) bond motifs is 1. The molecule has 26 heavy (non-hydrogen) atoms. The molecule has 0 radical (unpaired) electrons. The van der Waals surface area contributed by atoms with Crippen LogP contribution < -0.4 is 0 Å². The lowest BCUT2D eigenvalue weighted by Gasteiger charge is -2.09. The molecule has 0 saturated heterocycles. The van der Waals surface area contributed by atoms with Gasteiger partial charge in [-0.2, -0.15) is 0 Å². The minimum absolute atomic E-state index is 0.0869. The predicted molar refractivity (Wildman–Crippen MR) is 98.0 cm³/mol. The van der Waals surface area contributed by atoms with Crippen LogP contribution in [0.4, 0.5) is 0 Å². The van der Waals surface area contributed by atoms with Crippen LogP contribution in [0.5, 0.6) is 0 Å². The molecule has 5 heteroatoms. The molecule has 0 aliphatic heterocycles. The topological polar surface area (TPSA) is 68.3 Å². The third-order valence-electron chi connectivity index (χ3n) is 4.60. The van der Waals surface area contributed by atoms with E-state index in [1.54, 1.807) is 16.7 Å². The van der Waals surface area contributed by atoms with Gasteiger partial charge in [0.25, 0.3) is 5.91 Å². The Morgan fingerprint density at radius 2 is 1.88 bits per heavy atom.